The van der Waals surface area contributed by atoms with Crippen LogP contribution >= 0.6 is 0 Å². The van der Waals surface area contributed by atoms with Crippen molar-refractivity contribution in [2.45, 2.75) is 0 Å². The van der Waals surface area contributed by atoms with Crippen LogP contribution in [0.3, 0.4) is 0 Å². The number of primary amides is 1. The van der Waals surface area contributed by atoms with E-state index in [0.717, 1.165) is 0 Å². The van der Waals surface area contributed by atoms with Crippen LogP contribution in [0.5, 0.6) is 0 Å². The Balaban J connectivity index is 2.38. The fourth-order valence-electron chi connectivity index (χ4n) is 1.63. The monoisotopic (exact) mass is 281 g/mol. The first-order chi connectivity index (χ1) is 9.38. The maximum absolute atomic E-state index is 13.5. The third-order valence-corrected chi connectivity index (χ3v) is 2.60. The summed E-state index contributed by atoms with van der Waals surface area (Å²) in [6.45, 7) is 0. The average Bonchev–Trinajstić information content (AvgIpc) is 2.34. The molecule has 0 saturated heterocycles. The summed E-state index contributed by atoms with van der Waals surface area (Å²) in [5, 5.41) is 2.41. The minimum Gasteiger partial charge on any atom is -0.397 e. The van der Waals surface area contributed by atoms with Crippen LogP contribution in [0.15, 0.2) is 30.3 Å². The number of nitrogens with two attached hydrogens (primary N) is 2. The molecule has 0 aliphatic heterocycles. The lowest BCUT2D eigenvalue weighted by Gasteiger charge is -2.12. The van der Waals surface area contributed by atoms with Crippen LogP contribution < -0.4 is 16.8 Å². The zero-order valence-corrected chi connectivity index (χ0v) is 10.1. The molecule has 0 saturated carbocycles. The third-order valence-electron chi connectivity index (χ3n) is 2.60. The Morgan fingerprint density at radius 3 is 2.15 bits per heavy atom. The highest BCUT2D eigenvalue weighted by Crippen LogP contribution is 2.28. The van der Waals surface area contributed by atoms with Crippen LogP contribution in [0.25, 0.3) is 0 Å². The van der Waals surface area contributed by atoms with E-state index in [-0.39, 0.29) is 16.9 Å². The maximum Gasteiger partial charge on any atom is 0.248 e. The summed E-state index contributed by atoms with van der Waals surface area (Å²) in [5.74, 6) is -3.90. The number of carbonyl (C=O) groups excluding carboxylic acids is 1. The van der Waals surface area contributed by atoms with Gasteiger partial charge in [-0.1, -0.05) is 0 Å². The lowest BCUT2D eigenvalue weighted by molar-refractivity contribution is 0.100. The van der Waals surface area contributed by atoms with Crippen LogP contribution in [0.1, 0.15) is 10.4 Å². The quantitative estimate of drug-likeness (QED) is 0.756. The van der Waals surface area contributed by atoms with Gasteiger partial charge >= 0.3 is 0 Å². The van der Waals surface area contributed by atoms with Crippen molar-refractivity contribution in [3.8, 4) is 0 Å². The van der Waals surface area contributed by atoms with Crippen molar-refractivity contribution >= 4 is 23.0 Å². The molecule has 2 aromatic carbocycles. The Morgan fingerprint density at radius 1 is 1.05 bits per heavy atom. The number of rotatable bonds is 3. The van der Waals surface area contributed by atoms with Crippen molar-refractivity contribution in [2.24, 2.45) is 5.73 Å². The number of benzene rings is 2. The largest absolute Gasteiger partial charge is 0.397 e. The lowest BCUT2D eigenvalue weighted by atomic mass is 10.1. The lowest BCUT2D eigenvalue weighted by Crippen LogP contribution is -2.11. The molecule has 2 aromatic rings. The highest BCUT2D eigenvalue weighted by atomic mass is 19.1. The van der Waals surface area contributed by atoms with Gasteiger partial charge in [-0.15, -0.1) is 0 Å². The number of halogens is 3. The van der Waals surface area contributed by atoms with E-state index in [9.17, 15) is 18.0 Å². The van der Waals surface area contributed by atoms with Gasteiger partial charge in [-0.3, -0.25) is 4.79 Å². The van der Waals surface area contributed by atoms with E-state index in [1.165, 1.54) is 18.2 Å². The predicted molar refractivity (Wildman–Crippen MR) is 69.0 cm³/mol. The van der Waals surface area contributed by atoms with E-state index in [1.807, 2.05) is 0 Å². The second-order valence-corrected chi connectivity index (χ2v) is 4.04. The molecule has 0 atom stereocenters. The van der Waals surface area contributed by atoms with Crippen molar-refractivity contribution in [3.63, 3.8) is 0 Å². The topological polar surface area (TPSA) is 81.1 Å². The minimum absolute atomic E-state index is 0.0735. The van der Waals surface area contributed by atoms with E-state index in [1.54, 1.807) is 0 Å². The molecule has 0 heterocycles. The van der Waals surface area contributed by atoms with Gasteiger partial charge in [0.05, 0.1) is 11.4 Å². The summed E-state index contributed by atoms with van der Waals surface area (Å²) in [4.78, 5) is 11.0. The highest BCUT2D eigenvalue weighted by molar-refractivity contribution is 5.95. The van der Waals surface area contributed by atoms with Crippen LogP contribution in [0.4, 0.5) is 30.2 Å². The van der Waals surface area contributed by atoms with Crippen LogP contribution in [-0.2, 0) is 0 Å². The Kier molecular flexibility index (Phi) is 3.51. The predicted octanol–water partition coefficient (Wildman–Crippen LogP) is 2.53. The van der Waals surface area contributed by atoms with Gasteiger partial charge in [-0.05, 0) is 18.2 Å². The molecule has 0 aromatic heterocycles. The van der Waals surface area contributed by atoms with Crippen molar-refractivity contribution in [3.05, 3.63) is 53.3 Å². The molecule has 0 unspecified atom stereocenters. The van der Waals surface area contributed by atoms with Gasteiger partial charge in [0.1, 0.15) is 11.5 Å². The van der Waals surface area contributed by atoms with Crippen molar-refractivity contribution in [1.82, 2.24) is 0 Å². The summed E-state index contributed by atoms with van der Waals surface area (Å²) in [6.07, 6.45) is 0. The highest BCUT2D eigenvalue weighted by Gasteiger charge is 2.13. The molecule has 0 spiro atoms. The van der Waals surface area contributed by atoms with Crippen molar-refractivity contribution in [2.75, 3.05) is 11.1 Å². The van der Waals surface area contributed by atoms with Gasteiger partial charge in [-0.2, -0.15) is 0 Å². The van der Waals surface area contributed by atoms with Gasteiger partial charge < -0.3 is 16.8 Å². The minimum atomic E-state index is -1.10. The molecule has 0 radical (unpaired) electrons. The van der Waals surface area contributed by atoms with Gasteiger partial charge in [0, 0.05) is 17.7 Å². The molecule has 20 heavy (non-hydrogen) atoms. The van der Waals surface area contributed by atoms with E-state index < -0.39 is 29.0 Å². The summed E-state index contributed by atoms with van der Waals surface area (Å²) < 4.78 is 39.7. The van der Waals surface area contributed by atoms with Gasteiger partial charge in [-0.25, -0.2) is 13.2 Å². The fourth-order valence-corrected chi connectivity index (χ4v) is 1.63. The normalized spacial score (nSPS) is 10.3. The molecule has 1 amide bonds. The molecule has 0 fully saturated rings. The molecule has 0 aliphatic carbocycles. The number of nitrogen functional groups attached to an aromatic ring is 1. The molecule has 0 bridgehead atoms. The molecule has 5 N–H and O–H groups in total. The van der Waals surface area contributed by atoms with Crippen molar-refractivity contribution < 1.29 is 18.0 Å². The maximum atomic E-state index is 13.5. The first-order valence-corrected chi connectivity index (χ1v) is 5.49. The number of nitrogens with one attached hydrogen (secondary N) is 1. The zero-order valence-electron chi connectivity index (χ0n) is 10.1. The van der Waals surface area contributed by atoms with E-state index >= 15 is 0 Å². The summed E-state index contributed by atoms with van der Waals surface area (Å²) in [5.41, 5.74) is 10.6. The standard InChI is InChI=1S/C13H10F3N3O/c14-7-4-8(15)12(9(16)5-7)19-11-2-1-6(13(18)20)3-10(11)17/h1-5,19H,17H2,(H2,18,20). The van der Waals surface area contributed by atoms with E-state index in [2.05, 4.69) is 5.32 Å². The Morgan fingerprint density at radius 2 is 1.65 bits per heavy atom. The molecular formula is C13H10F3N3O. The molecular weight excluding hydrogens is 271 g/mol. The Labute approximate surface area is 112 Å². The molecule has 2 rings (SSSR count). The fraction of sp³-hybridized carbons (Fsp3) is 0. The Hall–Kier alpha value is -2.70. The first kappa shape index (κ1) is 13.7. The van der Waals surface area contributed by atoms with Crippen LogP contribution in [0.2, 0.25) is 0 Å². The molecule has 7 heteroatoms. The SMILES string of the molecule is NC(=O)c1ccc(Nc2c(F)cc(F)cc2F)c(N)c1. The van der Waals surface area contributed by atoms with Crippen LogP contribution in [0, 0.1) is 17.5 Å². The van der Waals surface area contributed by atoms with Gasteiger partial charge in [0.15, 0.2) is 11.6 Å². The smallest absolute Gasteiger partial charge is 0.248 e. The van der Waals surface area contributed by atoms with Gasteiger partial charge in [0.25, 0.3) is 0 Å². The molecule has 0 aliphatic rings. The second kappa shape index (κ2) is 5.12. The van der Waals surface area contributed by atoms with E-state index in [0.29, 0.717) is 12.1 Å². The van der Waals surface area contributed by atoms with Crippen LogP contribution in [-0.4, -0.2) is 5.91 Å². The molecule has 104 valence electrons. The average molecular weight is 281 g/mol. The summed E-state index contributed by atoms with van der Waals surface area (Å²) in [7, 11) is 0. The number of hydrogen-bond donors (Lipinski definition) is 3. The zero-order chi connectivity index (χ0) is 14.9. The Bertz CT molecular complexity index is 666. The second-order valence-electron chi connectivity index (χ2n) is 4.04. The summed E-state index contributed by atoms with van der Waals surface area (Å²) in [6, 6.07) is 5.04. The first-order valence-electron chi connectivity index (χ1n) is 5.49. The number of carbonyl (C=O) groups is 1. The van der Waals surface area contributed by atoms with Crippen molar-refractivity contribution in [1.29, 1.82) is 0 Å². The number of anilines is 3. The summed E-state index contributed by atoms with van der Waals surface area (Å²) >= 11 is 0. The molecule has 4 nitrogen and oxygen atoms in total. The number of amides is 1. The third kappa shape index (κ3) is 2.66. The van der Waals surface area contributed by atoms with E-state index in [4.69, 9.17) is 11.5 Å². The number of hydrogen-bond acceptors (Lipinski definition) is 3. The van der Waals surface area contributed by atoms with Gasteiger partial charge in [0.2, 0.25) is 5.91 Å².